The van der Waals surface area contributed by atoms with E-state index in [0.29, 0.717) is 0 Å². The van der Waals surface area contributed by atoms with Gasteiger partial charge >= 0.3 is 0 Å². The predicted molar refractivity (Wildman–Crippen MR) is 27.6 cm³/mol. The topological polar surface area (TPSA) is 86.7 Å². The Hall–Kier alpha value is -1.59. The highest BCUT2D eigenvalue weighted by atomic mass is 16.8. The number of imide groups is 1. The summed E-state index contributed by atoms with van der Waals surface area (Å²) in [7, 11) is 0. The summed E-state index contributed by atoms with van der Waals surface area (Å²) in [5.41, 5.74) is 0. The van der Waals surface area contributed by atoms with Crippen LogP contribution < -0.4 is 5.11 Å². The smallest absolute Gasteiger partial charge is 0.273 e. The summed E-state index contributed by atoms with van der Waals surface area (Å²) in [6, 6.07) is 0. The van der Waals surface area contributed by atoms with Gasteiger partial charge in [-0.25, -0.2) is 0 Å². The number of hydrogen-bond acceptors (Lipinski definition) is 5. The number of nitrogens with zero attached hydrogens (tertiary/aromatic N) is 1. The monoisotopic (exact) mass is 158 g/mol. The molecule has 0 aliphatic carbocycles. The van der Waals surface area contributed by atoms with E-state index in [9.17, 15) is 19.5 Å². The first-order chi connectivity index (χ1) is 5.11. The molecule has 11 heavy (non-hydrogen) atoms. The maximum atomic E-state index is 10.6. The molecule has 0 aromatic rings. The lowest BCUT2D eigenvalue weighted by atomic mass is 10.4. The van der Waals surface area contributed by atoms with Gasteiger partial charge in [0, 0.05) is 12.8 Å². The summed E-state index contributed by atoms with van der Waals surface area (Å²) in [5, 5.41) is 9.97. The molecule has 0 spiro atoms. The molecule has 6 heteroatoms. The van der Waals surface area contributed by atoms with Crippen molar-refractivity contribution in [3.05, 3.63) is 0 Å². The third-order valence-corrected chi connectivity index (χ3v) is 1.17. The lowest BCUT2D eigenvalue weighted by molar-refractivity contribution is -0.306. The summed E-state index contributed by atoms with van der Waals surface area (Å²) >= 11 is 0. The van der Waals surface area contributed by atoms with Crippen molar-refractivity contribution >= 4 is 18.0 Å². The molecule has 0 N–H and O–H groups in total. The van der Waals surface area contributed by atoms with E-state index in [-0.39, 0.29) is 17.9 Å². The van der Waals surface area contributed by atoms with Crippen LogP contribution in [0, 0.1) is 0 Å². The van der Waals surface area contributed by atoms with Crippen molar-refractivity contribution in [2.45, 2.75) is 12.8 Å². The molecule has 0 unspecified atom stereocenters. The zero-order chi connectivity index (χ0) is 8.43. The number of hydrogen-bond donors (Lipinski definition) is 0. The van der Waals surface area contributed by atoms with E-state index in [2.05, 4.69) is 4.84 Å². The molecule has 0 aromatic carbocycles. The molecule has 2 amide bonds. The Bertz CT molecular complexity index is 207. The lowest BCUT2D eigenvalue weighted by Crippen LogP contribution is -2.37. The standard InChI is InChI=1S/C5H5NO5/c7-3-1-2-4(8)6(3)11-5(9)10/h1-2H2,(H,9,10)/p-1. The van der Waals surface area contributed by atoms with Gasteiger partial charge in [0.15, 0.2) is 0 Å². The first-order valence-corrected chi connectivity index (χ1v) is 2.86. The van der Waals surface area contributed by atoms with Crippen LogP contribution in [0.25, 0.3) is 0 Å². The van der Waals surface area contributed by atoms with Crippen molar-refractivity contribution in [1.29, 1.82) is 0 Å². The van der Waals surface area contributed by atoms with Crippen LogP contribution in [0.5, 0.6) is 0 Å². The highest BCUT2D eigenvalue weighted by Crippen LogP contribution is 2.11. The maximum Gasteiger partial charge on any atom is 0.273 e. The van der Waals surface area contributed by atoms with Gasteiger partial charge in [-0.05, 0) is 0 Å². The van der Waals surface area contributed by atoms with Gasteiger partial charge in [0.2, 0.25) is 11.8 Å². The van der Waals surface area contributed by atoms with Gasteiger partial charge < -0.3 is 14.7 Å². The third kappa shape index (κ3) is 1.46. The van der Waals surface area contributed by atoms with E-state index in [0.717, 1.165) is 0 Å². The average molecular weight is 158 g/mol. The lowest BCUT2D eigenvalue weighted by Gasteiger charge is -2.17. The van der Waals surface area contributed by atoms with Crippen LogP contribution in [-0.4, -0.2) is 23.0 Å². The van der Waals surface area contributed by atoms with Gasteiger partial charge in [-0.1, -0.05) is 0 Å². The van der Waals surface area contributed by atoms with Crippen molar-refractivity contribution < 1.29 is 24.3 Å². The summed E-state index contributed by atoms with van der Waals surface area (Å²) < 4.78 is 0. The second-order valence-corrected chi connectivity index (χ2v) is 1.92. The van der Waals surface area contributed by atoms with Crippen molar-refractivity contribution in [3.8, 4) is 0 Å². The Labute approximate surface area is 61.3 Å². The number of hydroxylamine groups is 2. The summed E-state index contributed by atoms with van der Waals surface area (Å²) in [5.74, 6) is -1.31. The second-order valence-electron chi connectivity index (χ2n) is 1.92. The Kier molecular flexibility index (Phi) is 1.75. The number of carbonyl (C=O) groups is 3. The fourth-order valence-corrected chi connectivity index (χ4v) is 0.732. The average Bonchev–Trinajstić information content (AvgIpc) is 2.18. The molecule has 6 nitrogen and oxygen atoms in total. The highest BCUT2D eigenvalue weighted by molar-refractivity contribution is 6.01. The van der Waals surface area contributed by atoms with E-state index in [4.69, 9.17) is 0 Å². The number of carboxylic acid groups (broad SMARTS) is 1. The number of carbonyl (C=O) groups excluding carboxylic acids is 3. The molecule has 1 aliphatic rings. The van der Waals surface area contributed by atoms with E-state index in [1.807, 2.05) is 0 Å². The van der Waals surface area contributed by atoms with Crippen LogP contribution in [0.1, 0.15) is 12.8 Å². The molecule has 1 saturated heterocycles. The van der Waals surface area contributed by atoms with E-state index in [1.165, 1.54) is 0 Å². The summed E-state index contributed by atoms with van der Waals surface area (Å²) in [4.78, 5) is 34.8. The molecule has 1 fully saturated rings. The number of rotatable bonds is 1. The molecule has 1 rings (SSSR count). The first-order valence-electron chi connectivity index (χ1n) is 2.86. The van der Waals surface area contributed by atoms with Crippen LogP contribution >= 0.6 is 0 Å². The molecule has 1 heterocycles. The predicted octanol–water partition coefficient (Wildman–Crippen LogP) is -1.59. The molecular formula is C5H4NO5-. The molecule has 0 aromatic heterocycles. The van der Waals surface area contributed by atoms with E-state index in [1.54, 1.807) is 0 Å². The molecule has 0 saturated carbocycles. The van der Waals surface area contributed by atoms with Gasteiger partial charge in [-0.2, -0.15) is 5.06 Å². The third-order valence-electron chi connectivity index (χ3n) is 1.17. The normalized spacial score (nSPS) is 17.3. The highest BCUT2D eigenvalue weighted by Gasteiger charge is 2.28. The van der Waals surface area contributed by atoms with Crippen molar-refractivity contribution in [1.82, 2.24) is 5.06 Å². The van der Waals surface area contributed by atoms with Gasteiger partial charge in [-0.15, -0.1) is 0 Å². The van der Waals surface area contributed by atoms with Crippen LogP contribution in [0.2, 0.25) is 0 Å². The van der Waals surface area contributed by atoms with Crippen molar-refractivity contribution in [2.24, 2.45) is 0 Å². The molecule has 0 atom stereocenters. The van der Waals surface area contributed by atoms with E-state index < -0.39 is 18.0 Å². The zero-order valence-electron chi connectivity index (χ0n) is 5.40. The quantitative estimate of drug-likeness (QED) is 0.429. The Morgan fingerprint density at radius 3 is 2.18 bits per heavy atom. The number of amides is 2. The van der Waals surface area contributed by atoms with Crippen LogP contribution in [0.4, 0.5) is 4.79 Å². The van der Waals surface area contributed by atoms with Crippen molar-refractivity contribution in [3.63, 3.8) is 0 Å². The second kappa shape index (κ2) is 2.57. The van der Waals surface area contributed by atoms with Gasteiger partial charge in [-0.3, -0.25) is 9.59 Å². The largest absolute Gasteiger partial charge is 0.430 e. The minimum Gasteiger partial charge on any atom is -0.430 e. The fourth-order valence-electron chi connectivity index (χ4n) is 0.732. The van der Waals surface area contributed by atoms with E-state index >= 15 is 0 Å². The molecule has 0 bridgehead atoms. The van der Waals surface area contributed by atoms with Gasteiger partial charge in [0.1, 0.15) is 0 Å². The fraction of sp³-hybridized carbons (Fsp3) is 0.400. The van der Waals surface area contributed by atoms with Crippen LogP contribution in [0.15, 0.2) is 0 Å². The first kappa shape index (κ1) is 7.52. The Balaban J connectivity index is 2.62. The minimum atomic E-state index is -1.91. The van der Waals surface area contributed by atoms with Crippen molar-refractivity contribution in [2.75, 3.05) is 0 Å². The molecule has 1 aliphatic heterocycles. The zero-order valence-corrected chi connectivity index (χ0v) is 5.40. The van der Waals surface area contributed by atoms with Gasteiger partial charge in [0.05, 0.1) is 0 Å². The summed E-state index contributed by atoms with van der Waals surface area (Å²) in [6.07, 6.45) is -1.92. The van der Waals surface area contributed by atoms with Crippen LogP contribution in [-0.2, 0) is 14.4 Å². The maximum absolute atomic E-state index is 10.6. The van der Waals surface area contributed by atoms with Gasteiger partial charge in [0.25, 0.3) is 6.16 Å². The summed E-state index contributed by atoms with van der Waals surface area (Å²) in [6.45, 7) is 0. The minimum absolute atomic E-state index is 0.00782. The Morgan fingerprint density at radius 2 is 1.82 bits per heavy atom. The molecule has 0 radical (unpaired) electrons. The van der Waals surface area contributed by atoms with Crippen LogP contribution in [0.3, 0.4) is 0 Å². The molecule has 60 valence electrons. The Morgan fingerprint density at radius 1 is 1.36 bits per heavy atom. The molecular weight excluding hydrogens is 154 g/mol. The SMILES string of the molecule is O=C([O-])ON1C(=O)CCC1=O.